The average molecular weight is 425 g/mol. The van der Waals surface area contributed by atoms with Gasteiger partial charge in [0, 0.05) is 23.6 Å². The SMILES string of the molecule is CNC(=O)[C@@H]1CN(C(=O)Cn2c(-c3ccccc3)cc3ccccc32)c2ccccc2O1. The minimum Gasteiger partial charge on any atom is -0.477 e. The van der Waals surface area contributed by atoms with Gasteiger partial charge in [0.25, 0.3) is 5.91 Å². The molecule has 160 valence electrons. The standard InChI is InChI=1S/C26H23N3O3/c1-27-26(31)24-16-29(21-13-7-8-14-23(21)32-24)25(30)17-28-20-12-6-5-11-19(20)15-22(28)18-9-3-2-4-10-18/h2-15,24H,16-17H2,1H3,(H,27,31)/t24-/m0/s1. The number of carbonyl (C=O) groups excluding carboxylic acids is 2. The summed E-state index contributed by atoms with van der Waals surface area (Å²) >= 11 is 0. The molecule has 1 aliphatic rings. The highest BCUT2D eigenvalue weighted by molar-refractivity contribution is 5.98. The molecule has 0 radical (unpaired) electrons. The van der Waals surface area contributed by atoms with Gasteiger partial charge in [0.1, 0.15) is 12.3 Å². The van der Waals surface area contributed by atoms with Gasteiger partial charge < -0.3 is 19.5 Å². The lowest BCUT2D eigenvalue weighted by Gasteiger charge is -2.34. The second-order valence-electron chi connectivity index (χ2n) is 7.73. The molecule has 6 nitrogen and oxygen atoms in total. The zero-order valence-corrected chi connectivity index (χ0v) is 17.7. The van der Waals surface area contributed by atoms with E-state index in [2.05, 4.69) is 17.4 Å². The van der Waals surface area contributed by atoms with Crippen molar-refractivity contribution in [3.05, 3.63) is 84.9 Å². The number of hydrogen-bond donors (Lipinski definition) is 1. The Morgan fingerprint density at radius 1 is 0.969 bits per heavy atom. The number of amides is 2. The van der Waals surface area contributed by atoms with Crippen LogP contribution in [0.25, 0.3) is 22.2 Å². The zero-order chi connectivity index (χ0) is 22.1. The summed E-state index contributed by atoms with van der Waals surface area (Å²) in [5, 5.41) is 3.69. The molecule has 1 atom stereocenters. The molecule has 4 aromatic rings. The van der Waals surface area contributed by atoms with Crippen LogP contribution in [0.2, 0.25) is 0 Å². The van der Waals surface area contributed by atoms with Crippen LogP contribution >= 0.6 is 0 Å². The molecule has 6 heteroatoms. The second-order valence-corrected chi connectivity index (χ2v) is 7.73. The fraction of sp³-hybridized carbons (Fsp3) is 0.154. The van der Waals surface area contributed by atoms with Crippen molar-refractivity contribution in [3.8, 4) is 17.0 Å². The Kier molecular flexibility index (Phi) is 5.11. The molecule has 1 N–H and O–H groups in total. The van der Waals surface area contributed by atoms with Gasteiger partial charge in [-0.25, -0.2) is 0 Å². The smallest absolute Gasteiger partial charge is 0.262 e. The summed E-state index contributed by atoms with van der Waals surface area (Å²) in [5.74, 6) is 0.170. The van der Waals surface area contributed by atoms with Gasteiger partial charge in [-0.1, -0.05) is 60.7 Å². The van der Waals surface area contributed by atoms with Crippen LogP contribution in [0.1, 0.15) is 0 Å². The number of para-hydroxylation sites is 3. The van der Waals surface area contributed by atoms with Crippen molar-refractivity contribution in [2.24, 2.45) is 0 Å². The third-order valence-corrected chi connectivity index (χ3v) is 5.79. The Bertz CT molecular complexity index is 1300. The predicted octanol–water partition coefficient (Wildman–Crippen LogP) is 3.85. The van der Waals surface area contributed by atoms with Crippen LogP contribution in [0.5, 0.6) is 5.75 Å². The number of rotatable bonds is 4. The van der Waals surface area contributed by atoms with E-state index in [-0.39, 0.29) is 24.9 Å². The fourth-order valence-corrected chi connectivity index (χ4v) is 4.22. The topological polar surface area (TPSA) is 63.6 Å². The first kappa shape index (κ1) is 19.9. The van der Waals surface area contributed by atoms with Gasteiger partial charge in [0.05, 0.1) is 12.2 Å². The minimum absolute atomic E-state index is 0.104. The maximum absolute atomic E-state index is 13.6. The van der Waals surface area contributed by atoms with E-state index < -0.39 is 6.10 Å². The quantitative estimate of drug-likeness (QED) is 0.540. The van der Waals surface area contributed by atoms with Crippen LogP contribution in [0.3, 0.4) is 0 Å². The summed E-state index contributed by atoms with van der Waals surface area (Å²) in [7, 11) is 1.57. The monoisotopic (exact) mass is 425 g/mol. The second kappa shape index (κ2) is 8.23. The molecule has 0 spiro atoms. The summed E-state index contributed by atoms with van der Waals surface area (Å²) in [4.78, 5) is 27.6. The summed E-state index contributed by atoms with van der Waals surface area (Å²) < 4.78 is 7.89. The summed E-state index contributed by atoms with van der Waals surface area (Å²) in [6.45, 7) is 0.307. The maximum Gasteiger partial charge on any atom is 0.262 e. The van der Waals surface area contributed by atoms with E-state index in [4.69, 9.17) is 4.74 Å². The van der Waals surface area contributed by atoms with Crippen molar-refractivity contribution in [1.29, 1.82) is 0 Å². The number of fused-ring (bicyclic) bond motifs is 2. The van der Waals surface area contributed by atoms with Gasteiger partial charge in [0.15, 0.2) is 6.10 Å². The molecule has 1 aromatic heterocycles. The molecule has 2 heterocycles. The molecule has 0 saturated heterocycles. The molecule has 2 amide bonds. The van der Waals surface area contributed by atoms with E-state index in [0.29, 0.717) is 11.4 Å². The van der Waals surface area contributed by atoms with E-state index in [1.165, 1.54) is 0 Å². The molecule has 0 bridgehead atoms. The van der Waals surface area contributed by atoms with Crippen LogP contribution in [-0.2, 0) is 16.1 Å². The number of carbonyl (C=O) groups is 2. The van der Waals surface area contributed by atoms with E-state index in [0.717, 1.165) is 22.2 Å². The third-order valence-electron chi connectivity index (χ3n) is 5.79. The Hall–Kier alpha value is -4.06. The first-order chi connectivity index (χ1) is 15.7. The lowest BCUT2D eigenvalue weighted by atomic mass is 10.1. The number of benzene rings is 3. The molecular formula is C26H23N3O3. The van der Waals surface area contributed by atoms with E-state index in [1.807, 2.05) is 71.3 Å². The van der Waals surface area contributed by atoms with Crippen LogP contribution in [0.15, 0.2) is 84.9 Å². The number of hydrogen-bond acceptors (Lipinski definition) is 3. The number of aromatic nitrogens is 1. The van der Waals surface area contributed by atoms with E-state index in [9.17, 15) is 9.59 Å². The lowest BCUT2D eigenvalue weighted by Crippen LogP contribution is -2.50. The molecular weight excluding hydrogens is 402 g/mol. The van der Waals surface area contributed by atoms with Crippen molar-refractivity contribution in [2.75, 3.05) is 18.5 Å². The number of anilines is 1. The summed E-state index contributed by atoms with van der Waals surface area (Å²) in [6.07, 6.45) is -0.756. The van der Waals surface area contributed by atoms with Crippen LogP contribution < -0.4 is 15.0 Å². The Morgan fingerprint density at radius 2 is 1.69 bits per heavy atom. The Labute approximate surface area is 186 Å². The van der Waals surface area contributed by atoms with Gasteiger partial charge in [0.2, 0.25) is 5.91 Å². The largest absolute Gasteiger partial charge is 0.477 e. The highest BCUT2D eigenvalue weighted by Gasteiger charge is 2.33. The molecule has 0 fully saturated rings. The predicted molar refractivity (Wildman–Crippen MR) is 125 cm³/mol. The third kappa shape index (κ3) is 3.50. The number of ether oxygens (including phenoxy) is 1. The van der Waals surface area contributed by atoms with Gasteiger partial charge in [-0.05, 0) is 29.8 Å². The Balaban J connectivity index is 1.55. The molecule has 0 saturated carbocycles. The van der Waals surface area contributed by atoms with Crippen LogP contribution in [-0.4, -0.2) is 36.1 Å². The minimum atomic E-state index is -0.756. The average Bonchev–Trinajstić information content (AvgIpc) is 3.21. The summed E-state index contributed by atoms with van der Waals surface area (Å²) in [6, 6.07) is 27.5. The molecule has 5 rings (SSSR count). The normalized spacial score (nSPS) is 15.2. The summed E-state index contributed by atoms with van der Waals surface area (Å²) in [5.41, 5.74) is 3.69. The van der Waals surface area contributed by atoms with Gasteiger partial charge >= 0.3 is 0 Å². The van der Waals surface area contributed by atoms with Gasteiger partial charge in [-0.3, -0.25) is 9.59 Å². The first-order valence-electron chi connectivity index (χ1n) is 10.6. The highest BCUT2D eigenvalue weighted by Crippen LogP contribution is 2.34. The molecule has 0 aliphatic carbocycles. The van der Waals surface area contributed by atoms with Gasteiger partial charge in [-0.2, -0.15) is 0 Å². The molecule has 1 aliphatic heterocycles. The Morgan fingerprint density at radius 3 is 2.50 bits per heavy atom. The number of nitrogens with zero attached hydrogens (tertiary/aromatic N) is 2. The van der Waals surface area contributed by atoms with Crippen molar-refractivity contribution in [3.63, 3.8) is 0 Å². The van der Waals surface area contributed by atoms with Crippen molar-refractivity contribution < 1.29 is 14.3 Å². The van der Waals surface area contributed by atoms with Crippen LogP contribution in [0.4, 0.5) is 5.69 Å². The van der Waals surface area contributed by atoms with Crippen molar-refractivity contribution in [1.82, 2.24) is 9.88 Å². The number of likely N-dealkylation sites (N-methyl/N-ethyl adjacent to an activating group) is 1. The maximum atomic E-state index is 13.6. The van der Waals surface area contributed by atoms with E-state index in [1.54, 1.807) is 18.0 Å². The van der Waals surface area contributed by atoms with E-state index >= 15 is 0 Å². The van der Waals surface area contributed by atoms with Crippen LogP contribution in [0, 0.1) is 0 Å². The molecule has 3 aromatic carbocycles. The zero-order valence-electron chi connectivity index (χ0n) is 17.7. The number of nitrogens with one attached hydrogen (secondary N) is 1. The molecule has 32 heavy (non-hydrogen) atoms. The molecule has 0 unspecified atom stereocenters. The highest BCUT2D eigenvalue weighted by atomic mass is 16.5. The lowest BCUT2D eigenvalue weighted by molar-refractivity contribution is -0.128. The first-order valence-corrected chi connectivity index (χ1v) is 10.6. The van der Waals surface area contributed by atoms with Gasteiger partial charge in [-0.15, -0.1) is 0 Å². The van der Waals surface area contributed by atoms with Crippen molar-refractivity contribution >= 4 is 28.4 Å². The fourth-order valence-electron chi connectivity index (χ4n) is 4.22. The van der Waals surface area contributed by atoms with Crippen molar-refractivity contribution in [2.45, 2.75) is 12.6 Å².